The Balaban J connectivity index is 2.78. The van der Waals surface area contributed by atoms with E-state index < -0.39 is 0 Å². The summed E-state index contributed by atoms with van der Waals surface area (Å²) in [7, 11) is 1.54. The molecule has 0 unspecified atom stereocenters. The summed E-state index contributed by atoms with van der Waals surface area (Å²) >= 11 is 5.87. The summed E-state index contributed by atoms with van der Waals surface area (Å²) in [6.45, 7) is 2.13. The van der Waals surface area contributed by atoms with Crippen molar-refractivity contribution in [3.63, 3.8) is 0 Å². The van der Waals surface area contributed by atoms with Crippen molar-refractivity contribution in [3.05, 3.63) is 34.9 Å². The summed E-state index contributed by atoms with van der Waals surface area (Å²) in [6.07, 6.45) is 3.02. The van der Waals surface area contributed by atoms with Gasteiger partial charge in [0.25, 0.3) is 0 Å². The number of carbonyl (C=O) groups excluding carboxylic acids is 1. The summed E-state index contributed by atoms with van der Waals surface area (Å²) < 4.78 is 9.82. The van der Waals surface area contributed by atoms with Crippen molar-refractivity contribution < 1.29 is 14.3 Å². The number of carbonyl (C=O) groups is 1. The third kappa shape index (κ3) is 3.59. The highest BCUT2D eigenvalue weighted by molar-refractivity contribution is 6.32. The number of methoxy groups -OCH3 is 1. The fourth-order valence-electron chi connectivity index (χ4n) is 1.13. The molecule has 86 valence electrons. The Morgan fingerprint density at radius 3 is 2.88 bits per heavy atom. The zero-order valence-electron chi connectivity index (χ0n) is 9.20. The van der Waals surface area contributed by atoms with Crippen LogP contribution in [0.1, 0.15) is 12.5 Å². The molecule has 4 heteroatoms. The predicted molar refractivity (Wildman–Crippen MR) is 63.7 cm³/mol. The first-order chi connectivity index (χ1) is 7.67. The van der Waals surface area contributed by atoms with Gasteiger partial charge in [-0.3, -0.25) is 0 Å². The van der Waals surface area contributed by atoms with Crippen LogP contribution in [0.25, 0.3) is 6.08 Å². The highest BCUT2D eigenvalue weighted by atomic mass is 35.5. The monoisotopic (exact) mass is 240 g/mol. The molecule has 1 aromatic carbocycles. The molecule has 0 aromatic heterocycles. The number of hydrogen-bond donors (Lipinski definition) is 0. The minimum absolute atomic E-state index is 0.364. The fourth-order valence-corrected chi connectivity index (χ4v) is 1.33. The van der Waals surface area contributed by atoms with Gasteiger partial charge in [-0.25, -0.2) is 4.79 Å². The predicted octanol–water partition coefficient (Wildman–Crippen LogP) is 2.92. The maximum absolute atomic E-state index is 11.1. The van der Waals surface area contributed by atoms with Gasteiger partial charge in [0.1, 0.15) is 5.75 Å². The van der Waals surface area contributed by atoms with E-state index in [1.165, 1.54) is 6.08 Å². The van der Waals surface area contributed by atoms with E-state index in [1.54, 1.807) is 38.3 Å². The summed E-state index contributed by atoms with van der Waals surface area (Å²) in [6, 6.07) is 5.25. The van der Waals surface area contributed by atoms with Crippen molar-refractivity contribution >= 4 is 23.6 Å². The van der Waals surface area contributed by atoms with Crippen LogP contribution in [0.5, 0.6) is 5.75 Å². The topological polar surface area (TPSA) is 35.5 Å². The van der Waals surface area contributed by atoms with Crippen molar-refractivity contribution in [1.82, 2.24) is 0 Å². The number of hydrogen-bond acceptors (Lipinski definition) is 3. The van der Waals surface area contributed by atoms with Gasteiger partial charge in [0.05, 0.1) is 18.7 Å². The zero-order valence-corrected chi connectivity index (χ0v) is 9.95. The highest BCUT2D eigenvalue weighted by Crippen LogP contribution is 2.25. The van der Waals surface area contributed by atoms with Crippen LogP contribution in [0.2, 0.25) is 5.02 Å². The van der Waals surface area contributed by atoms with Crippen molar-refractivity contribution in [3.8, 4) is 5.75 Å². The van der Waals surface area contributed by atoms with Crippen LogP contribution in [-0.2, 0) is 9.53 Å². The molecule has 1 rings (SSSR count). The van der Waals surface area contributed by atoms with Crippen LogP contribution in [-0.4, -0.2) is 19.7 Å². The Kier molecular flexibility index (Phi) is 4.86. The van der Waals surface area contributed by atoms with E-state index >= 15 is 0 Å². The van der Waals surface area contributed by atoms with Crippen molar-refractivity contribution in [1.29, 1.82) is 0 Å². The lowest BCUT2D eigenvalue weighted by Crippen LogP contribution is -1.98. The molecule has 0 spiro atoms. The Labute approximate surface area is 99.6 Å². The molecular weight excluding hydrogens is 228 g/mol. The van der Waals surface area contributed by atoms with E-state index in [4.69, 9.17) is 21.1 Å². The molecule has 0 amide bonds. The summed E-state index contributed by atoms with van der Waals surface area (Å²) in [5.41, 5.74) is 0.828. The van der Waals surface area contributed by atoms with Gasteiger partial charge in [0.2, 0.25) is 0 Å². The van der Waals surface area contributed by atoms with E-state index in [0.29, 0.717) is 17.4 Å². The molecule has 0 atom stereocenters. The molecule has 0 aliphatic carbocycles. The Morgan fingerprint density at radius 2 is 2.25 bits per heavy atom. The molecule has 0 aliphatic rings. The summed E-state index contributed by atoms with van der Waals surface area (Å²) in [5.74, 6) is 0.212. The molecule has 0 saturated carbocycles. The van der Waals surface area contributed by atoms with Crippen molar-refractivity contribution in [2.24, 2.45) is 0 Å². The maximum Gasteiger partial charge on any atom is 0.330 e. The van der Waals surface area contributed by atoms with E-state index in [0.717, 1.165) is 5.56 Å². The minimum Gasteiger partial charge on any atom is -0.495 e. The van der Waals surface area contributed by atoms with Gasteiger partial charge in [-0.05, 0) is 30.7 Å². The Hall–Kier alpha value is -1.48. The van der Waals surface area contributed by atoms with E-state index in [-0.39, 0.29) is 5.97 Å². The van der Waals surface area contributed by atoms with Gasteiger partial charge in [-0.15, -0.1) is 0 Å². The smallest absolute Gasteiger partial charge is 0.330 e. The molecule has 3 nitrogen and oxygen atoms in total. The first-order valence-electron chi connectivity index (χ1n) is 4.85. The van der Waals surface area contributed by atoms with E-state index in [2.05, 4.69) is 0 Å². The first-order valence-corrected chi connectivity index (χ1v) is 5.23. The third-order valence-electron chi connectivity index (χ3n) is 1.87. The van der Waals surface area contributed by atoms with Gasteiger partial charge in [0, 0.05) is 6.08 Å². The number of benzene rings is 1. The van der Waals surface area contributed by atoms with Crippen LogP contribution in [0.4, 0.5) is 0 Å². The average molecular weight is 241 g/mol. The first kappa shape index (κ1) is 12.6. The second-order valence-electron chi connectivity index (χ2n) is 2.98. The SMILES string of the molecule is CCOC(=O)/C=C/c1ccc(Cl)c(OC)c1. The molecule has 0 fully saturated rings. The van der Waals surface area contributed by atoms with Crippen LogP contribution >= 0.6 is 11.6 Å². The summed E-state index contributed by atoms with van der Waals surface area (Å²) in [4.78, 5) is 11.1. The molecule has 0 bridgehead atoms. The highest BCUT2D eigenvalue weighted by Gasteiger charge is 2.00. The average Bonchev–Trinajstić information content (AvgIpc) is 2.28. The lowest BCUT2D eigenvalue weighted by molar-refractivity contribution is -0.137. The van der Waals surface area contributed by atoms with Gasteiger partial charge in [0.15, 0.2) is 0 Å². The van der Waals surface area contributed by atoms with Crippen LogP contribution in [0.15, 0.2) is 24.3 Å². The van der Waals surface area contributed by atoms with Crippen molar-refractivity contribution in [2.45, 2.75) is 6.92 Å². The molecule has 0 heterocycles. The Bertz CT molecular complexity index is 399. The molecule has 16 heavy (non-hydrogen) atoms. The fraction of sp³-hybridized carbons (Fsp3) is 0.250. The van der Waals surface area contributed by atoms with E-state index in [9.17, 15) is 4.79 Å². The number of halogens is 1. The van der Waals surface area contributed by atoms with Gasteiger partial charge >= 0.3 is 5.97 Å². The van der Waals surface area contributed by atoms with Gasteiger partial charge in [-0.2, -0.15) is 0 Å². The van der Waals surface area contributed by atoms with Crippen LogP contribution in [0.3, 0.4) is 0 Å². The quantitative estimate of drug-likeness (QED) is 0.600. The van der Waals surface area contributed by atoms with Gasteiger partial charge in [-0.1, -0.05) is 17.7 Å². The molecule has 0 radical (unpaired) electrons. The standard InChI is InChI=1S/C12H13ClO3/c1-3-16-12(14)7-5-9-4-6-10(13)11(8-9)15-2/h4-8H,3H2,1-2H3/b7-5+. The van der Waals surface area contributed by atoms with Gasteiger partial charge < -0.3 is 9.47 Å². The minimum atomic E-state index is -0.364. The van der Waals surface area contributed by atoms with Crippen LogP contribution < -0.4 is 4.74 Å². The number of esters is 1. The molecule has 0 saturated heterocycles. The number of ether oxygens (including phenoxy) is 2. The second kappa shape index (κ2) is 6.18. The third-order valence-corrected chi connectivity index (χ3v) is 2.19. The normalized spacial score (nSPS) is 10.4. The second-order valence-corrected chi connectivity index (χ2v) is 3.39. The van der Waals surface area contributed by atoms with Crippen LogP contribution in [0, 0.1) is 0 Å². The lowest BCUT2D eigenvalue weighted by Gasteiger charge is -2.03. The largest absolute Gasteiger partial charge is 0.495 e. The maximum atomic E-state index is 11.1. The lowest BCUT2D eigenvalue weighted by atomic mass is 10.2. The van der Waals surface area contributed by atoms with Crippen molar-refractivity contribution in [2.75, 3.05) is 13.7 Å². The van der Waals surface area contributed by atoms with E-state index in [1.807, 2.05) is 0 Å². The molecular formula is C12H13ClO3. The zero-order chi connectivity index (χ0) is 12.0. The number of rotatable bonds is 4. The molecule has 0 N–H and O–H groups in total. The summed E-state index contributed by atoms with van der Waals surface area (Å²) in [5, 5.41) is 0.538. The molecule has 0 aliphatic heterocycles. The molecule has 1 aromatic rings. The Morgan fingerprint density at radius 1 is 1.50 bits per heavy atom.